The minimum Gasteiger partial charge on any atom is -0.810 e. The van der Waals surface area contributed by atoms with Crippen molar-refractivity contribution in [3.05, 3.63) is 29.8 Å². The van der Waals surface area contributed by atoms with Gasteiger partial charge in [0.05, 0.1) is 13.5 Å². The summed E-state index contributed by atoms with van der Waals surface area (Å²) in [5, 5.41) is -1.17. The molecule has 1 atom stereocenters. The minimum atomic E-state index is -5.37. The van der Waals surface area contributed by atoms with Gasteiger partial charge in [0, 0.05) is 0 Å². The Morgan fingerprint density at radius 1 is 1.14 bits per heavy atom. The zero-order chi connectivity index (χ0) is 15.8. The van der Waals surface area contributed by atoms with Crippen LogP contribution in [0.25, 0.3) is 0 Å². The van der Waals surface area contributed by atoms with E-state index in [1.165, 1.54) is 0 Å². The van der Waals surface area contributed by atoms with Gasteiger partial charge >= 0.3 is 66.7 Å². The summed E-state index contributed by atoms with van der Waals surface area (Å²) in [6, 6.07) is 6.91. The summed E-state index contributed by atoms with van der Waals surface area (Å²) in [7, 11) is -12.0. The zero-order valence-corrected chi connectivity index (χ0v) is 20.3. The van der Waals surface area contributed by atoms with E-state index in [4.69, 9.17) is 9.79 Å². The SMILES string of the molecule is C[Si](C)(C)c1cccc(CC(P(=O)([O-])[O-])P(=O)(O)O)c1.[Na+].[Na+]. The maximum absolute atomic E-state index is 11.2. The first-order chi connectivity index (χ1) is 8.82. The topological polar surface area (TPSA) is 121 Å². The Balaban J connectivity index is 0. The van der Waals surface area contributed by atoms with E-state index in [-0.39, 0.29) is 59.1 Å². The van der Waals surface area contributed by atoms with Crippen molar-refractivity contribution in [2.45, 2.75) is 31.5 Å². The molecule has 0 aliphatic carbocycles. The summed E-state index contributed by atoms with van der Waals surface area (Å²) in [5.74, 6) is 0. The van der Waals surface area contributed by atoms with Gasteiger partial charge in [0.15, 0.2) is 0 Å². The van der Waals surface area contributed by atoms with Gasteiger partial charge in [-0.25, -0.2) is 0 Å². The van der Waals surface area contributed by atoms with Gasteiger partial charge < -0.3 is 24.1 Å². The molecule has 1 aromatic rings. The quantitative estimate of drug-likeness (QED) is 0.387. The van der Waals surface area contributed by atoms with E-state index in [1.807, 2.05) is 6.07 Å². The van der Waals surface area contributed by atoms with E-state index in [1.54, 1.807) is 18.2 Å². The second-order valence-electron chi connectivity index (χ2n) is 5.76. The molecule has 0 radical (unpaired) electrons. The normalized spacial score (nSPS) is 13.8. The molecule has 0 bridgehead atoms. The maximum atomic E-state index is 11.2. The van der Waals surface area contributed by atoms with Crippen molar-refractivity contribution in [2.75, 3.05) is 0 Å². The molecule has 0 heterocycles. The van der Waals surface area contributed by atoms with E-state index in [0.717, 1.165) is 5.19 Å². The van der Waals surface area contributed by atoms with Crippen molar-refractivity contribution in [1.82, 2.24) is 0 Å². The summed E-state index contributed by atoms with van der Waals surface area (Å²) in [6.07, 6.45) is -0.465. The largest absolute Gasteiger partial charge is 1.00 e. The summed E-state index contributed by atoms with van der Waals surface area (Å²) in [5.41, 5.74) is 0.449. The predicted octanol–water partition coefficient (Wildman–Crippen LogP) is -5.80. The molecule has 0 saturated heterocycles. The smallest absolute Gasteiger partial charge is 0.810 e. The van der Waals surface area contributed by atoms with E-state index in [0.29, 0.717) is 5.56 Å². The molecule has 0 aliphatic heterocycles. The van der Waals surface area contributed by atoms with Crippen LogP contribution >= 0.6 is 15.2 Å². The Labute approximate surface area is 176 Å². The fraction of sp³-hybridized carbons (Fsp3) is 0.455. The Kier molecular flexibility index (Phi) is 11.1. The predicted molar refractivity (Wildman–Crippen MR) is 76.6 cm³/mol. The van der Waals surface area contributed by atoms with Gasteiger partial charge in [0.1, 0.15) is 0 Å². The van der Waals surface area contributed by atoms with Crippen LogP contribution in [0.5, 0.6) is 0 Å². The molecule has 0 saturated carbocycles. The molecule has 0 spiro atoms. The fourth-order valence-corrected chi connectivity index (χ4v) is 5.36. The number of hydrogen-bond acceptors (Lipinski definition) is 4. The first kappa shape index (κ1) is 26.0. The Hall–Kier alpha value is 1.74. The molecule has 1 rings (SSSR count). The van der Waals surface area contributed by atoms with Crippen LogP contribution < -0.4 is 74.1 Å². The van der Waals surface area contributed by atoms with Crippen LogP contribution in [0.3, 0.4) is 0 Å². The van der Waals surface area contributed by atoms with Gasteiger partial charge in [-0.1, -0.05) is 56.7 Å². The molecule has 0 fully saturated rings. The van der Waals surface area contributed by atoms with Crippen LogP contribution in [-0.2, 0) is 15.6 Å². The second kappa shape index (κ2) is 9.44. The molecule has 2 N–H and O–H groups in total. The monoisotopic (exact) mass is 382 g/mol. The minimum absolute atomic E-state index is 0. The molecular weight excluding hydrogens is 364 g/mol. The van der Waals surface area contributed by atoms with Gasteiger partial charge in [-0.2, -0.15) is 0 Å². The third-order valence-electron chi connectivity index (χ3n) is 2.96. The summed E-state index contributed by atoms with van der Waals surface area (Å²) in [6.45, 7) is 6.29. The van der Waals surface area contributed by atoms with Crippen molar-refractivity contribution in [2.24, 2.45) is 0 Å². The van der Waals surface area contributed by atoms with Crippen LogP contribution in [-0.4, -0.2) is 23.3 Å². The van der Waals surface area contributed by atoms with Crippen molar-refractivity contribution >= 4 is 28.5 Å². The number of hydrogen-bond donors (Lipinski definition) is 2. The van der Waals surface area contributed by atoms with Crippen LogP contribution in [0.2, 0.25) is 19.6 Å². The number of rotatable bonds is 5. The molecular formula is C11H18Na2O6P2Si. The van der Waals surface area contributed by atoms with Crippen molar-refractivity contribution in [1.29, 1.82) is 0 Å². The summed E-state index contributed by atoms with van der Waals surface area (Å²) < 4.78 is 22.2. The molecule has 114 valence electrons. The third-order valence-corrected chi connectivity index (χ3v) is 8.63. The van der Waals surface area contributed by atoms with E-state index in [9.17, 15) is 18.9 Å². The van der Waals surface area contributed by atoms with Crippen LogP contribution in [0.1, 0.15) is 5.56 Å². The van der Waals surface area contributed by atoms with Gasteiger partial charge in [-0.3, -0.25) is 4.57 Å². The van der Waals surface area contributed by atoms with Crippen molar-refractivity contribution < 1.29 is 87.8 Å². The van der Waals surface area contributed by atoms with Crippen LogP contribution in [0.15, 0.2) is 24.3 Å². The molecule has 0 aromatic heterocycles. The standard InChI is InChI=1S/C11H20O6P2Si.2Na/c1-20(2,3)10-6-4-5-9(7-10)8-11(18(12,13)14)19(15,16)17;;/h4-7,11H,8H2,1-3H3,(H2,12,13,14)(H2,15,16,17);;/q;2*+1/p-2. The second-order valence-corrected chi connectivity index (χ2v) is 14.8. The Morgan fingerprint density at radius 2 is 1.64 bits per heavy atom. The van der Waals surface area contributed by atoms with Crippen molar-refractivity contribution in [3.63, 3.8) is 0 Å². The third kappa shape index (κ3) is 8.21. The van der Waals surface area contributed by atoms with Gasteiger partial charge in [0.2, 0.25) is 0 Å². The summed E-state index contributed by atoms with van der Waals surface area (Å²) in [4.78, 5) is 40.2. The fourth-order valence-electron chi connectivity index (χ4n) is 1.79. The first-order valence-electron chi connectivity index (χ1n) is 5.98. The molecule has 0 aliphatic rings. The van der Waals surface area contributed by atoms with E-state index >= 15 is 0 Å². The average Bonchev–Trinajstić information content (AvgIpc) is 2.22. The van der Waals surface area contributed by atoms with Gasteiger partial charge in [-0.15, -0.1) is 0 Å². The average molecular weight is 382 g/mol. The molecule has 6 nitrogen and oxygen atoms in total. The number of benzene rings is 1. The van der Waals surface area contributed by atoms with E-state index in [2.05, 4.69) is 19.6 Å². The molecule has 1 unspecified atom stereocenters. The van der Waals surface area contributed by atoms with Gasteiger partial charge in [-0.05, 0) is 12.0 Å². The molecule has 22 heavy (non-hydrogen) atoms. The molecule has 1 aromatic carbocycles. The zero-order valence-electron chi connectivity index (χ0n) is 13.5. The summed E-state index contributed by atoms with van der Waals surface area (Å²) >= 11 is 0. The van der Waals surface area contributed by atoms with E-state index < -0.39 is 35.1 Å². The van der Waals surface area contributed by atoms with Crippen LogP contribution in [0.4, 0.5) is 0 Å². The maximum Gasteiger partial charge on any atom is 1.00 e. The Bertz CT molecular complexity index is 558. The van der Waals surface area contributed by atoms with Crippen molar-refractivity contribution in [3.8, 4) is 0 Å². The molecule has 0 amide bonds. The van der Waals surface area contributed by atoms with Crippen LogP contribution in [0, 0.1) is 0 Å². The van der Waals surface area contributed by atoms with Gasteiger partial charge in [0.25, 0.3) is 0 Å². The molecule has 11 heteroatoms. The first-order valence-corrected chi connectivity index (χ1v) is 12.8. The Morgan fingerprint density at radius 3 is 2.00 bits per heavy atom.